The van der Waals surface area contributed by atoms with Crippen molar-refractivity contribution in [2.24, 2.45) is 5.92 Å². The Labute approximate surface area is 86.2 Å². The molecule has 0 amide bonds. The second kappa shape index (κ2) is 5.14. The Morgan fingerprint density at radius 2 is 2.07 bits per heavy atom. The molecule has 78 valence electrons. The van der Waals surface area contributed by atoms with Gasteiger partial charge in [-0.05, 0) is 37.3 Å². The molecule has 0 aromatic heterocycles. The number of halogens is 1. The molecule has 0 N–H and O–H groups in total. The third-order valence-corrected chi connectivity index (χ3v) is 2.80. The maximum Gasteiger partial charge on any atom is 0.126 e. The van der Waals surface area contributed by atoms with Crippen molar-refractivity contribution < 1.29 is 4.39 Å². The molecule has 14 heavy (non-hydrogen) atoms. The van der Waals surface area contributed by atoms with Crippen molar-refractivity contribution in [2.45, 2.75) is 40.0 Å². The molecule has 0 saturated carbocycles. The zero-order chi connectivity index (χ0) is 10.6. The standard InChI is InChI=1S/C13H19F/c1-4-10(2)5-7-12-9-11(3)6-8-13(12)14/h6,8-10H,4-5,7H2,1-3H3. The van der Waals surface area contributed by atoms with Crippen LogP contribution in [-0.4, -0.2) is 0 Å². The van der Waals surface area contributed by atoms with Gasteiger partial charge in [-0.1, -0.05) is 38.0 Å². The second-order valence-corrected chi connectivity index (χ2v) is 4.15. The van der Waals surface area contributed by atoms with Gasteiger partial charge in [0.1, 0.15) is 5.82 Å². The largest absolute Gasteiger partial charge is 0.207 e. The summed E-state index contributed by atoms with van der Waals surface area (Å²) in [7, 11) is 0. The fraction of sp³-hybridized carbons (Fsp3) is 0.538. The van der Waals surface area contributed by atoms with Crippen molar-refractivity contribution >= 4 is 0 Å². The predicted molar refractivity (Wildman–Crippen MR) is 58.9 cm³/mol. The molecule has 0 nitrogen and oxygen atoms in total. The van der Waals surface area contributed by atoms with Crippen LogP contribution in [0.4, 0.5) is 4.39 Å². The van der Waals surface area contributed by atoms with E-state index in [1.54, 1.807) is 6.07 Å². The van der Waals surface area contributed by atoms with E-state index in [4.69, 9.17) is 0 Å². The molecule has 1 aromatic carbocycles. The van der Waals surface area contributed by atoms with Crippen LogP contribution < -0.4 is 0 Å². The molecule has 1 rings (SSSR count). The lowest BCUT2D eigenvalue weighted by Crippen LogP contribution is -1.98. The number of benzene rings is 1. The fourth-order valence-electron chi connectivity index (χ4n) is 1.50. The predicted octanol–water partition coefficient (Wildman–Crippen LogP) is 4.11. The van der Waals surface area contributed by atoms with Crippen LogP contribution in [0, 0.1) is 18.7 Å². The molecule has 1 atom stereocenters. The Hall–Kier alpha value is -0.850. The van der Waals surface area contributed by atoms with Crippen molar-refractivity contribution in [3.8, 4) is 0 Å². The van der Waals surface area contributed by atoms with Gasteiger partial charge in [-0.15, -0.1) is 0 Å². The molecule has 0 aliphatic carbocycles. The normalized spacial score (nSPS) is 12.9. The summed E-state index contributed by atoms with van der Waals surface area (Å²) >= 11 is 0. The molecule has 0 saturated heterocycles. The molecular formula is C13H19F. The number of aryl methyl sites for hydroxylation is 2. The zero-order valence-corrected chi connectivity index (χ0v) is 9.31. The molecular weight excluding hydrogens is 175 g/mol. The summed E-state index contributed by atoms with van der Waals surface area (Å²) in [6.07, 6.45) is 3.12. The summed E-state index contributed by atoms with van der Waals surface area (Å²) in [5.41, 5.74) is 2.01. The third kappa shape index (κ3) is 3.13. The van der Waals surface area contributed by atoms with E-state index in [9.17, 15) is 4.39 Å². The third-order valence-electron chi connectivity index (χ3n) is 2.80. The van der Waals surface area contributed by atoms with Crippen LogP contribution in [0.15, 0.2) is 18.2 Å². The smallest absolute Gasteiger partial charge is 0.126 e. The maximum absolute atomic E-state index is 13.3. The van der Waals surface area contributed by atoms with Crippen molar-refractivity contribution in [1.82, 2.24) is 0 Å². The van der Waals surface area contributed by atoms with Crippen molar-refractivity contribution in [1.29, 1.82) is 0 Å². The van der Waals surface area contributed by atoms with Gasteiger partial charge in [0, 0.05) is 0 Å². The van der Waals surface area contributed by atoms with Crippen molar-refractivity contribution in [2.75, 3.05) is 0 Å². The lowest BCUT2D eigenvalue weighted by molar-refractivity contribution is 0.506. The molecule has 0 bridgehead atoms. The second-order valence-electron chi connectivity index (χ2n) is 4.15. The first-order chi connectivity index (χ1) is 6.63. The minimum Gasteiger partial charge on any atom is -0.207 e. The highest BCUT2D eigenvalue weighted by Gasteiger charge is 2.04. The Balaban J connectivity index is 2.62. The first-order valence-electron chi connectivity index (χ1n) is 5.38. The number of hydrogen-bond donors (Lipinski definition) is 0. The highest BCUT2D eigenvalue weighted by molar-refractivity contribution is 5.24. The summed E-state index contributed by atoms with van der Waals surface area (Å²) in [4.78, 5) is 0. The molecule has 0 fully saturated rings. The van der Waals surface area contributed by atoms with Gasteiger partial charge in [0.15, 0.2) is 0 Å². The van der Waals surface area contributed by atoms with E-state index < -0.39 is 0 Å². The van der Waals surface area contributed by atoms with Gasteiger partial charge < -0.3 is 0 Å². The van der Waals surface area contributed by atoms with E-state index in [2.05, 4.69) is 13.8 Å². The van der Waals surface area contributed by atoms with Crippen molar-refractivity contribution in [3.63, 3.8) is 0 Å². The molecule has 0 heterocycles. The summed E-state index contributed by atoms with van der Waals surface area (Å²) in [6, 6.07) is 5.35. The van der Waals surface area contributed by atoms with Crippen molar-refractivity contribution in [3.05, 3.63) is 35.1 Å². The Kier molecular flexibility index (Phi) is 4.12. The van der Waals surface area contributed by atoms with Crippen LogP contribution in [0.2, 0.25) is 0 Å². The van der Waals surface area contributed by atoms with Gasteiger partial charge >= 0.3 is 0 Å². The van der Waals surface area contributed by atoms with Gasteiger partial charge in [0.2, 0.25) is 0 Å². The zero-order valence-electron chi connectivity index (χ0n) is 9.31. The summed E-state index contributed by atoms with van der Waals surface area (Å²) < 4.78 is 13.3. The molecule has 0 radical (unpaired) electrons. The Morgan fingerprint density at radius 3 is 2.71 bits per heavy atom. The monoisotopic (exact) mass is 194 g/mol. The average molecular weight is 194 g/mol. The molecule has 1 aromatic rings. The van der Waals surface area contributed by atoms with Crippen LogP contribution in [0.3, 0.4) is 0 Å². The summed E-state index contributed by atoms with van der Waals surface area (Å²) in [5.74, 6) is 0.633. The number of hydrogen-bond acceptors (Lipinski definition) is 0. The molecule has 0 aliphatic heterocycles. The topological polar surface area (TPSA) is 0 Å². The fourth-order valence-corrected chi connectivity index (χ4v) is 1.50. The van der Waals surface area contributed by atoms with Gasteiger partial charge in [-0.2, -0.15) is 0 Å². The summed E-state index contributed by atoms with van der Waals surface area (Å²) in [6.45, 7) is 6.40. The Morgan fingerprint density at radius 1 is 1.36 bits per heavy atom. The molecule has 1 heteroatoms. The van der Waals surface area contributed by atoms with Crippen LogP contribution >= 0.6 is 0 Å². The highest BCUT2D eigenvalue weighted by Crippen LogP contribution is 2.16. The minimum absolute atomic E-state index is 0.0566. The lowest BCUT2D eigenvalue weighted by Gasteiger charge is -2.09. The van der Waals surface area contributed by atoms with Crippen LogP contribution in [-0.2, 0) is 6.42 Å². The number of rotatable bonds is 4. The van der Waals surface area contributed by atoms with Gasteiger partial charge in [-0.3, -0.25) is 0 Å². The van der Waals surface area contributed by atoms with E-state index in [0.717, 1.165) is 24.0 Å². The van der Waals surface area contributed by atoms with E-state index in [-0.39, 0.29) is 5.82 Å². The first-order valence-corrected chi connectivity index (χ1v) is 5.38. The molecule has 0 aliphatic rings. The maximum atomic E-state index is 13.3. The Bertz CT molecular complexity index is 291. The summed E-state index contributed by atoms with van der Waals surface area (Å²) in [5, 5.41) is 0. The van der Waals surface area contributed by atoms with Crippen LogP contribution in [0.1, 0.15) is 37.8 Å². The van der Waals surface area contributed by atoms with E-state index in [1.165, 1.54) is 6.42 Å². The van der Waals surface area contributed by atoms with E-state index >= 15 is 0 Å². The van der Waals surface area contributed by atoms with Gasteiger partial charge in [-0.25, -0.2) is 4.39 Å². The quantitative estimate of drug-likeness (QED) is 0.676. The SMILES string of the molecule is CCC(C)CCc1cc(C)ccc1F. The first kappa shape index (κ1) is 11.2. The lowest BCUT2D eigenvalue weighted by atomic mass is 9.98. The van der Waals surface area contributed by atoms with E-state index in [1.807, 2.05) is 19.1 Å². The van der Waals surface area contributed by atoms with Crippen LogP contribution in [0.5, 0.6) is 0 Å². The van der Waals surface area contributed by atoms with Gasteiger partial charge in [0.25, 0.3) is 0 Å². The minimum atomic E-state index is -0.0566. The molecule has 0 spiro atoms. The van der Waals surface area contributed by atoms with Crippen LogP contribution in [0.25, 0.3) is 0 Å². The molecule has 1 unspecified atom stereocenters. The van der Waals surface area contributed by atoms with E-state index in [0.29, 0.717) is 5.92 Å². The highest BCUT2D eigenvalue weighted by atomic mass is 19.1. The average Bonchev–Trinajstić information content (AvgIpc) is 2.19. The van der Waals surface area contributed by atoms with Gasteiger partial charge in [0.05, 0.1) is 0 Å².